The summed E-state index contributed by atoms with van der Waals surface area (Å²) in [6, 6.07) is 6.27. The Bertz CT molecular complexity index is 735. The summed E-state index contributed by atoms with van der Waals surface area (Å²) in [6.07, 6.45) is 3.33. The van der Waals surface area contributed by atoms with Crippen LogP contribution in [0, 0.1) is 6.92 Å². The molecule has 0 fully saturated rings. The summed E-state index contributed by atoms with van der Waals surface area (Å²) in [5, 5.41) is 0.467. The first-order valence-corrected chi connectivity index (χ1v) is 8.40. The van der Waals surface area contributed by atoms with Crippen LogP contribution in [0.4, 0.5) is 0 Å². The summed E-state index contributed by atoms with van der Waals surface area (Å²) in [5.41, 5.74) is 1.82. The topological polar surface area (TPSA) is 59.1 Å². The maximum absolute atomic E-state index is 12.2. The van der Waals surface area contributed by atoms with E-state index in [1.165, 1.54) is 18.2 Å². The standard InChI is InChI=1S/C13H12BrClN2O2S/c1-9-7-16-5-4-10(9)8-17-20(18,19)11-2-3-13(15)12(14)6-11/h2-7,17H,8H2,1H3. The first-order chi connectivity index (χ1) is 9.40. The van der Waals surface area contributed by atoms with E-state index in [4.69, 9.17) is 11.6 Å². The third kappa shape index (κ3) is 3.58. The third-order valence-electron chi connectivity index (χ3n) is 2.79. The summed E-state index contributed by atoms with van der Waals surface area (Å²) >= 11 is 9.07. The van der Waals surface area contributed by atoms with E-state index in [0.717, 1.165) is 11.1 Å². The van der Waals surface area contributed by atoms with Gasteiger partial charge in [0.2, 0.25) is 10.0 Å². The van der Waals surface area contributed by atoms with Crippen LogP contribution in [0.15, 0.2) is 46.0 Å². The quantitative estimate of drug-likeness (QED) is 0.892. The smallest absolute Gasteiger partial charge is 0.240 e. The Balaban J connectivity index is 2.19. The van der Waals surface area contributed by atoms with E-state index in [0.29, 0.717) is 9.50 Å². The van der Waals surface area contributed by atoms with Gasteiger partial charge in [-0.15, -0.1) is 0 Å². The summed E-state index contributed by atoms with van der Waals surface area (Å²) < 4.78 is 27.5. The van der Waals surface area contributed by atoms with Crippen molar-refractivity contribution in [3.05, 3.63) is 57.3 Å². The second kappa shape index (κ2) is 6.22. The monoisotopic (exact) mass is 374 g/mol. The van der Waals surface area contributed by atoms with Gasteiger partial charge in [0, 0.05) is 23.4 Å². The van der Waals surface area contributed by atoms with E-state index in [1.807, 2.05) is 6.92 Å². The van der Waals surface area contributed by atoms with E-state index in [2.05, 4.69) is 25.6 Å². The second-order valence-electron chi connectivity index (χ2n) is 4.20. The number of hydrogen-bond donors (Lipinski definition) is 1. The van der Waals surface area contributed by atoms with Gasteiger partial charge in [0.25, 0.3) is 0 Å². The molecule has 7 heteroatoms. The van der Waals surface area contributed by atoms with E-state index >= 15 is 0 Å². The molecule has 4 nitrogen and oxygen atoms in total. The zero-order valence-electron chi connectivity index (χ0n) is 10.6. The highest BCUT2D eigenvalue weighted by Gasteiger charge is 2.15. The van der Waals surface area contributed by atoms with Crippen molar-refractivity contribution in [3.8, 4) is 0 Å². The van der Waals surface area contributed by atoms with E-state index in [-0.39, 0.29) is 11.4 Å². The highest BCUT2D eigenvalue weighted by molar-refractivity contribution is 9.10. The molecular formula is C13H12BrClN2O2S. The fourth-order valence-electron chi connectivity index (χ4n) is 1.60. The van der Waals surface area contributed by atoms with Crippen LogP contribution in [-0.4, -0.2) is 13.4 Å². The normalized spacial score (nSPS) is 11.6. The first kappa shape index (κ1) is 15.4. The molecule has 20 heavy (non-hydrogen) atoms. The lowest BCUT2D eigenvalue weighted by Gasteiger charge is -2.09. The van der Waals surface area contributed by atoms with Crippen LogP contribution in [-0.2, 0) is 16.6 Å². The minimum Gasteiger partial charge on any atom is -0.264 e. The Hall–Kier alpha value is -0.950. The number of halogens is 2. The van der Waals surface area contributed by atoms with Crippen LogP contribution >= 0.6 is 27.5 Å². The SMILES string of the molecule is Cc1cnccc1CNS(=O)(=O)c1ccc(Cl)c(Br)c1. The Morgan fingerprint density at radius 3 is 2.75 bits per heavy atom. The Morgan fingerprint density at radius 2 is 2.10 bits per heavy atom. The molecule has 1 aromatic heterocycles. The first-order valence-electron chi connectivity index (χ1n) is 5.74. The number of sulfonamides is 1. The van der Waals surface area contributed by atoms with Gasteiger partial charge in [0.05, 0.1) is 9.92 Å². The molecule has 0 aliphatic carbocycles. The predicted molar refractivity (Wildman–Crippen MR) is 82.2 cm³/mol. The lowest BCUT2D eigenvalue weighted by molar-refractivity contribution is 0.581. The lowest BCUT2D eigenvalue weighted by atomic mass is 10.2. The molecule has 0 saturated carbocycles. The lowest BCUT2D eigenvalue weighted by Crippen LogP contribution is -2.23. The molecule has 0 bridgehead atoms. The van der Waals surface area contributed by atoms with Crippen LogP contribution in [0.3, 0.4) is 0 Å². The second-order valence-corrected chi connectivity index (χ2v) is 7.23. The van der Waals surface area contributed by atoms with Gasteiger partial charge in [-0.3, -0.25) is 4.98 Å². The predicted octanol–water partition coefficient (Wildman–Crippen LogP) is 3.28. The van der Waals surface area contributed by atoms with Crippen molar-refractivity contribution < 1.29 is 8.42 Å². The van der Waals surface area contributed by atoms with Crippen molar-refractivity contribution in [1.29, 1.82) is 0 Å². The van der Waals surface area contributed by atoms with Crippen LogP contribution < -0.4 is 4.72 Å². The molecule has 0 aliphatic heterocycles. The van der Waals surface area contributed by atoms with Crippen molar-refractivity contribution in [2.45, 2.75) is 18.4 Å². The Labute approximate surface area is 131 Å². The van der Waals surface area contributed by atoms with Crippen molar-refractivity contribution in [3.63, 3.8) is 0 Å². The van der Waals surface area contributed by atoms with Crippen LogP contribution in [0.25, 0.3) is 0 Å². The number of nitrogens with one attached hydrogen (secondary N) is 1. The maximum atomic E-state index is 12.2. The number of pyridine rings is 1. The highest BCUT2D eigenvalue weighted by Crippen LogP contribution is 2.25. The molecule has 2 aromatic rings. The molecule has 106 valence electrons. The molecule has 0 saturated heterocycles. The number of benzene rings is 1. The van der Waals surface area contributed by atoms with E-state index in [9.17, 15) is 8.42 Å². The largest absolute Gasteiger partial charge is 0.264 e. The van der Waals surface area contributed by atoms with E-state index in [1.54, 1.807) is 18.5 Å². The van der Waals surface area contributed by atoms with Gasteiger partial charge >= 0.3 is 0 Å². The molecule has 0 spiro atoms. The molecule has 1 aromatic carbocycles. The average molecular weight is 376 g/mol. The summed E-state index contributed by atoms with van der Waals surface area (Å²) in [6.45, 7) is 2.10. The summed E-state index contributed by atoms with van der Waals surface area (Å²) in [7, 11) is -3.57. The minimum absolute atomic E-state index is 0.167. The number of rotatable bonds is 4. The zero-order valence-corrected chi connectivity index (χ0v) is 13.8. The molecular weight excluding hydrogens is 364 g/mol. The highest BCUT2D eigenvalue weighted by atomic mass is 79.9. The van der Waals surface area contributed by atoms with Crippen molar-refractivity contribution in [1.82, 2.24) is 9.71 Å². The van der Waals surface area contributed by atoms with Gasteiger partial charge < -0.3 is 0 Å². The summed E-state index contributed by atoms with van der Waals surface area (Å²) in [4.78, 5) is 4.14. The van der Waals surface area contributed by atoms with Gasteiger partial charge in [-0.05, 0) is 58.2 Å². The molecule has 0 aliphatic rings. The van der Waals surface area contributed by atoms with Gasteiger partial charge in [-0.1, -0.05) is 11.6 Å². The number of nitrogens with zero attached hydrogens (tertiary/aromatic N) is 1. The third-order valence-corrected chi connectivity index (χ3v) is 5.40. The average Bonchev–Trinajstić information content (AvgIpc) is 2.41. The fraction of sp³-hybridized carbons (Fsp3) is 0.154. The van der Waals surface area contributed by atoms with Crippen molar-refractivity contribution >= 4 is 37.6 Å². The molecule has 0 radical (unpaired) electrons. The Kier molecular flexibility index (Phi) is 4.80. The minimum atomic E-state index is -3.57. The van der Waals surface area contributed by atoms with E-state index < -0.39 is 10.0 Å². The van der Waals surface area contributed by atoms with Gasteiger partial charge in [0.15, 0.2) is 0 Å². The molecule has 0 unspecified atom stereocenters. The van der Waals surface area contributed by atoms with Crippen molar-refractivity contribution in [2.75, 3.05) is 0 Å². The Morgan fingerprint density at radius 1 is 1.35 bits per heavy atom. The number of aromatic nitrogens is 1. The zero-order chi connectivity index (χ0) is 14.8. The van der Waals surface area contributed by atoms with Crippen LogP contribution in [0.5, 0.6) is 0 Å². The van der Waals surface area contributed by atoms with Gasteiger partial charge in [-0.2, -0.15) is 0 Å². The molecule has 0 amide bonds. The molecule has 0 atom stereocenters. The van der Waals surface area contributed by atoms with Crippen LogP contribution in [0.2, 0.25) is 5.02 Å². The fourth-order valence-corrected chi connectivity index (χ4v) is 3.28. The number of aryl methyl sites for hydroxylation is 1. The number of hydrogen-bond acceptors (Lipinski definition) is 3. The van der Waals surface area contributed by atoms with Gasteiger partial charge in [0.1, 0.15) is 0 Å². The molecule has 2 rings (SSSR count). The summed E-state index contributed by atoms with van der Waals surface area (Å²) in [5.74, 6) is 0. The van der Waals surface area contributed by atoms with Gasteiger partial charge in [-0.25, -0.2) is 13.1 Å². The maximum Gasteiger partial charge on any atom is 0.240 e. The van der Waals surface area contributed by atoms with Crippen LogP contribution in [0.1, 0.15) is 11.1 Å². The molecule has 1 heterocycles. The van der Waals surface area contributed by atoms with Crippen molar-refractivity contribution in [2.24, 2.45) is 0 Å². The molecule has 1 N–H and O–H groups in total.